The second-order valence-electron chi connectivity index (χ2n) is 5.36. The molecule has 2 aromatic rings. The van der Waals surface area contributed by atoms with Gasteiger partial charge >= 0.3 is 0 Å². The maximum atomic E-state index is 12.3. The standard InChI is InChI=1S/C17H20N4O2/c1-4-12(3)20-17(23)14-15(19-10-9-18-14)21-16(22)13-7-5-11(2)6-8-13/h5-10,12H,4H2,1-3H3,(H,20,23)(H,19,21,22)/t12-/m1/s1. The summed E-state index contributed by atoms with van der Waals surface area (Å²) in [5, 5.41) is 5.46. The molecule has 0 radical (unpaired) electrons. The average Bonchev–Trinajstić information content (AvgIpc) is 2.55. The van der Waals surface area contributed by atoms with Crippen molar-refractivity contribution < 1.29 is 9.59 Å². The van der Waals surface area contributed by atoms with Crippen molar-refractivity contribution >= 4 is 17.6 Å². The zero-order chi connectivity index (χ0) is 16.8. The van der Waals surface area contributed by atoms with Gasteiger partial charge in [0.25, 0.3) is 11.8 Å². The third-order valence-electron chi connectivity index (χ3n) is 3.45. The minimum absolute atomic E-state index is 0.0187. The van der Waals surface area contributed by atoms with Gasteiger partial charge in [0.15, 0.2) is 11.5 Å². The number of aryl methyl sites for hydroxylation is 1. The maximum Gasteiger partial charge on any atom is 0.273 e. The third-order valence-corrected chi connectivity index (χ3v) is 3.45. The lowest BCUT2D eigenvalue weighted by molar-refractivity contribution is 0.0935. The fourth-order valence-electron chi connectivity index (χ4n) is 1.87. The number of anilines is 1. The van der Waals surface area contributed by atoms with E-state index in [0.29, 0.717) is 5.56 Å². The van der Waals surface area contributed by atoms with E-state index in [2.05, 4.69) is 20.6 Å². The summed E-state index contributed by atoms with van der Waals surface area (Å²) in [4.78, 5) is 32.6. The first kappa shape index (κ1) is 16.6. The Labute approximate surface area is 135 Å². The summed E-state index contributed by atoms with van der Waals surface area (Å²) in [6.07, 6.45) is 3.66. The molecule has 1 aromatic heterocycles. The number of carbonyl (C=O) groups is 2. The molecule has 0 saturated heterocycles. The molecule has 2 rings (SSSR count). The quantitative estimate of drug-likeness (QED) is 0.888. The maximum absolute atomic E-state index is 12.3. The third kappa shape index (κ3) is 4.35. The molecular weight excluding hydrogens is 292 g/mol. The topological polar surface area (TPSA) is 84.0 Å². The summed E-state index contributed by atoms with van der Waals surface area (Å²) < 4.78 is 0. The molecule has 120 valence electrons. The van der Waals surface area contributed by atoms with Gasteiger partial charge in [-0.3, -0.25) is 9.59 Å². The van der Waals surface area contributed by atoms with Crippen molar-refractivity contribution in [2.24, 2.45) is 0 Å². The van der Waals surface area contributed by atoms with Gasteiger partial charge in [-0.25, -0.2) is 9.97 Å². The highest BCUT2D eigenvalue weighted by atomic mass is 16.2. The van der Waals surface area contributed by atoms with Crippen molar-refractivity contribution in [1.29, 1.82) is 0 Å². The van der Waals surface area contributed by atoms with Gasteiger partial charge < -0.3 is 10.6 Å². The summed E-state index contributed by atoms with van der Waals surface area (Å²) >= 11 is 0. The summed E-state index contributed by atoms with van der Waals surface area (Å²) in [6, 6.07) is 7.16. The van der Waals surface area contributed by atoms with E-state index < -0.39 is 0 Å². The number of hydrogen-bond acceptors (Lipinski definition) is 4. The number of hydrogen-bond donors (Lipinski definition) is 2. The fraction of sp³-hybridized carbons (Fsp3) is 0.294. The van der Waals surface area contributed by atoms with Gasteiger partial charge in [0, 0.05) is 24.0 Å². The van der Waals surface area contributed by atoms with Crippen LogP contribution in [-0.2, 0) is 0 Å². The molecule has 0 unspecified atom stereocenters. The van der Waals surface area contributed by atoms with E-state index >= 15 is 0 Å². The smallest absolute Gasteiger partial charge is 0.273 e. The first-order chi connectivity index (χ1) is 11.0. The molecular formula is C17H20N4O2. The van der Waals surface area contributed by atoms with E-state index in [1.54, 1.807) is 12.1 Å². The monoisotopic (exact) mass is 312 g/mol. The molecule has 0 bridgehead atoms. The Kier molecular flexibility index (Phi) is 5.41. The zero-order valence-corrected chi connectivity index (χ0v) is 13.5. The normalized spacial score (nSPS) is 11.6. The number of carbonyl (C=O) groups excluding carboxylic acids is 2. The second-order valence-corrected chi connectivity index (χ2v) is 5.36. The molecule has 1 atom stereocenters. The van der Waals surface area contributed by atoms with Crippen LogP contribution >= 0.6 is 0 Å². The first-order valence-electron chi connectivity index (χ1n) is 7.51. The van der Waals surface area contributed by atoms with E-state index in [1.165, 1.54) is 12.4 Å². The minimum atomic E-state index is -0.355. The molecule has 0 fully saturated rings. The predicted octanol–water partition coefficient (Wildman–Crippen LogP) is 2.57. The lowest BCUT2D eigenvalue weighted by Gasteiger charge is -2.13. The average molecular weight is 312 g/mol. The van der Waals surface area contributed by atoms with Crippen LogP contribution in [0.25, 0.3) is 0 Å². The van der Waals surface area contributed by atoms with Crippen molar-refractivity contribution in [3.63, 3.8) is 0 Å². The molecule has 2 amide bonds. The van der Waals surface area contributed by atoms with Crippen LogP contribution in [0.4, 0.5) is 5.82 Å². The van der Waals surface area contributed by atoms with Crippen LogP contribution in [0.3, 0.4) is 0 Å². The van der Waals surface area contributed by atoms with Crippen molar-refractivity contribution in [3.05, 3.63) is 53.5 Å². The Balaban J connectivity index is 2.18. The molecule has 6 nitrogen and oxygen atoms in total. The zero-order valence-electron chi connectivity index (χ0n) is 13.5. The highest BCUT2D eigenvalue weighted by Crippen LogP contribution is 2.12. The van der Waals surface area contributed by atoms with E-state index in [4.69, 9.17) is 0 Å². The van der Waals surface area contributed by atoms with Gasteiger partial charge in [-0.05, 0) is 32.4 Å². The SMILES string of the molecule is CC[C@@H](C)NC(=O)c1nccnc1NC(=O)c1ccc(C)cc1. The Bertz CT molecular complexity index is 698. The van der Waals surface area contributed by atoms with E-state index in [-0.39, 0.29) is 29.4 Å². The fourth-order valence-corrected chi connectivity index (χ4v) is 1.87. The van der Waals surface area contributed by atoms with Crippen LogP contribution in [0.1, 0.15) is 46.7 Å². The molecule has 6 heteroatoms. The number of aromatic nitrogens is 2. The Morgan fingerprint density at radius 2 is 1.74 bits per heavy atom. The first-order valence-corrected chi connectivity index (χ1v) is 7.51. The van der Waals surface area contributed by atoms with Gasteiger partial charge in [0.1, 0.15) is 0 Å². The van der Waals surface area contributed by atoms with Crippen LogP contribution < -0.4 is 10.6 Å². The lowest BCUT2D eigenvalue weighted by atomic mass is 10.1. The summed E-state index contributed by atoms with van der Waals surface area (Å²) in [5.74, 6) is -0.534. The van der Waals surface area contributed by atoms with Crippen LogP contribution in [0.2, 0.25) is 0 Å². The second kappa shape index (κ2) is 7.49. The van der Waals surface area contributed by atoms with Crippen LogP contribution in [0.15, 0.2) is 36.7 Å². The summed E-state index contributed by atoms with van der Waals surface area (Å²) in [6.45, 7) is 5.82. The van der Waals surface area contributed by atoms with Crippen molar-refractivity contribution in [3.8, 4) is 0 Å². The lowest BCUT2D eigenvalue weighted by Crippen LogP contribution is -2.33. The van der Waals surface area contributed by atoms with Crippen LogP contribution in [-0.4, -0.2) is 27.8 Å². The van der Waals surface area contributed by atoms with E-state index in [0.717, 1.165) is 12.0 Å². The van der Waals surface area contributed by atoms with Gasteiger partial charge in [-0.1, -0.05) is 24.6 Å². The largest absolute Gasteiger partial charge is 0.348 e. The number of benzene rings is 1. The van der Waals surface area contributed by atoms with Crippen molar-refractivity contribution in [1.82, 2.24) is 15.3 Å². The van der Waals surface area contributed by atoms with Gasteiger partial charge in [-0.15, -0.1) is 0 Å². The minimum Gasteiger partial charge on any atom is -0.348 e. The molecule has 2 N–H and O–H groups in total. The van der Waals surface area contributed by atoms with Gasteiger partial charge in [0.2, 0.25) is 0 Å². The Hall–Kier alpha value is -2.76. The molecule has 0 aliphatic carbocycles. The highest BCUT2D eigenvalue weighted by Gasteiger charge is 2.18. The molecule has 1 aromatic carbocycles. The van der Waals surface area contributed by atoms with E-state index in [9.17, 15) is 9.59 Å². The van der Waals surface area contributed by atoms with Crippen molar-refractivity contribution in [2.45, 2.75) is 33.2 Å². The number of nitrogens with zero attached hydrogens (tertiary/aromatic N) is 2. The predicted molar refractivity (Wildman–Crippen MR) is 88.4 cm³/mol. The van der Waals surface area contributed by atoms with E-state index in [1.807, 2.05) is 32.9 Å². The molecule has 0 aliphatic rings. The summed E-state index contributed by atoms with van der Waals surface area (Å²) in [5.41, 5.74) is 1.66. The summed E-state index contributed by atoms with van der Waals surface area (Å²) in [7, 11) is 0. The molecule has 23 heavy (non-hydrogen) atoms. The Morgan fingerprint density at radius 1 is 1.09 bits per heavy atom. The molecule has 0 spiro atoms. The van der Waals surface area contributed by atoms with Crippen LogP contribution in [0.5, 0.6) is 0 Å². The highest BCUT2D eigenvalue weighted by molar-refractivity contribution is 6.07. The van der Waals surface area contributed by atoms with Crippen LogP contribution in [0, 0.1) is 6.92 Å². The van der Waals surface area contributed by atoms with Gasteiger partial charge in [0.05, 0.1) is 0 Å². The number of nitrogens with one attached hydrogen (secondary N) is 2. The molecule has 0 saturated carbocycles. The number of amides is 2. The number of rotatable bonds is 5. The van der Waals surface area contributed by atoms with Gasteiger partial charge in [-0.2, -0.15) is 0 Å². The Morgan fingerprint density at radius 3 is 2.39 bits per heavy atom. The molecule has 0 aliphatic heterocycles. The van der Waals surface area contributed by atoms with Crippen molar-refractivity contribution in [2.75, 3.05) is 5.32 Å². The molecule has 1 heterocycles.